The molecule has 1 aromatic heterocycles. The van der Waals surface area contributed by atoms with Gasteiger partial charge < -0.3 is 10.0 Å². The molecular formula is C20H19N3O2S. The zero-order valence-corrected chi connectivity index (χ0v) is 15.2. The van der Waals surface area contributed by atoms with Gasteiger partial charge >= 0.3 is 0 Å². The summed E-state index contributed by atoms with van der Waals surface area (Å²) < 4.78 is 2.27. The molecule has 0 aliphatic carbocycles. The van der Waals surface area contributed by atoms with Crippen LogP contribution in [0.1, 0.15) is 18.1 Å². The van der Waals surface area contributed by atoms with Crippen LogP contribution in [0.2, 0.25) is 0 Å². The van der Waals surface area contributed by atoms with Crippen molar-refractivity contribution in [1.82, 2.24) is 4.57 Å². The van der Waals surface area contributed by atoms with Gasteiger partial charge in [0.25, 0.3) is 5.56 Å². The van der Waals surface area contributed by atoms with Crippen molar-refractivity contribution in [2.24, 2.45) is 4.99 Å². The number of aryl methyl sites for hydroxylation is 1. The van der Waals surface area contributed by atoms with E-state index in [2.05, 4.69) is 41.1 Å². The second-order valence-corrected chi connectivity index (χ2v) is 7.20. The van der Waals surface area contributed by atoms with E-state index in [0.29, 0.717) is 23.4 Å². The van der Waals surface area contributed by atoms with E-state index in [1.807, 2.05) is 6.07 Å². The SMILES string of the molecule is CCc1ccc(N2CN=c3s/c(=C\c4ccccc4O)c(=O)n3C2)cc1. The minimum Gasteiger partial charge on any atom is -0.507 e. The Bertz CT molecular complexity index is 1110. The largest absolute Gasteiger partial charge is 0.507 e. The summed E-state index contributed by atoms with van der Waals surface area (Å²) >= 11 is 1.36. The van der Waals surface area contributed by atoms with E-state index < -0.39 is 0 Å². The van der Waals surface area contributed by atoms with Crippen LogP contribution < -0.4 is 19.8 Å². The number of para-hydroxylation sites is 1. The number of phenols is 1. The first-order valence-corrected chi connectivity index (χ1v) is 9.35. The molecule has 0 saturated heterocycles. The Morgan fingerprint density at radius 3 is 2.69 bits per heavy atom. The van der Waals surface area contributed by atoms with Gasteiger partial charge in [-0.25, -0.2) is 4.99 Å². The Morgan fingerprint density at radius 1 is 1.19 bits per heavy atom. The van der Waals surface area contributed by atoms with Gasteiger partial charge in [-0.15, -0.1) is 0 Å². The van der Waals surface area contributed by atoms with Crippen molar-refractivity contribution in [1.29, 1.82) is 0 Å². The van der Waals surface area contributed by atoms with E-state index in [0.717, 1.165) is 16.9 Å². The number of phenolic OH excluding ortho intramolecular Hbond substituents is 1. The fourth-order valence-electron chi connectivity index (χ4n) is 2.97. The van der Waals surface area contributed by atoms with Crippen LogP contribution in [0.25, 0.3) is 6.08 Å². The molecule has 0 bridgehead atoms. The Balaban J connectivity index is 1.69. The van der Waals surface area contributed by atoms with E-state index in [4.69, 9.17) is 0 Å². The lowest BCUT2D eigenvalue weighted by Gasteiger charge is -2.25. The summed E-state index contributed by atoms with van der Waals surface area (Å²) in [5.41, 5.74) is 2.90. The summed E-state index contributed by atoms with van der Waals surface area (Å²) in [6, 6.07) is 15.4. The number of rotatable bonds is 3. The van der Waals surface area contributed by atoms with E-state index in [1.54, 1.807) is 28.8 Å². The first kappa shape index (κ1) is 16.6. The summed E-state index contributed by atoms with van der Waals surface area (Å²) in [6.07, 6.45) is 2.73. The van der Waals surface area contributed by atoms with Crippen LogP contribution in [0.3, 0.4) is 0 Å². The number of hydrogen-bond acceptors (Lipinski definition) is 5. The standard InChI is InChI=1S/C20H19N3O2S/c1-2-14-7-9-16(10-8-14)22-12-21-20-23(13-22)19(25)18(26-20)11-15-5-3-4-6-17(15)24/h3-11,24H,2,12-13H2,1H3/b18-11-. The third-order valence-corrected chi connectivity index (χ3v) is 5.55. The van der Waals surface area contributed by atoms with Gasteiger partial charge in [0.05, 0.1) is 4.53 Å². The predicted molar refractivity (Wildman–Crippen MR) is 104 cm³/mol. The molecule has 0 saturated carbocycles. The molecule has 0 unspecified atom stereocenters. The van der Waals surface area contributed by atoms with Crippen molar-refractivity contribution in [3.05, 3.63) is 79.3 Å². The molecule has 0 fully saturated rings. The average Bonchev–Trinajstić information content (AvgIpc) is 2.99. The van der Waals surface area contributed by atoms with E-state index in [9.17, 15) is 9.90 Å². The monoisotopic (exact) mass is 365 g/mol. The van der Waals surface area contributed by atoms with Gasteiger partial charge in [0.2, 0.25) is 0 Å². The minimum absolute atomic E-state index is 0.0770. The zero-order valence-electron chi connectivity index (χ0n) is 14.4. The maximum Gasteiger partial charge on any atom is 0.271 e. The summed E-state index contributed by atoms with van der Waals surface area (Å²) in [5.74, 6) is 0.165. The quantitative estimate of drug-likeness (QED) is 0.773. The molecule has 132 valence electrons. The van der Waals surface area contributed by atoms with E-state index >= 15 is 0 Å². The van der Waals surface area contributed by atoms with Gasteiger partial charge in [-0.1, -0.05) is 48.6 Å². The topological polar surface area (TPSA) is 57.8 Å². The number of nitrogens with zero attached hydrogens (tertiary/aromatic N) is 3. The van der Waals surface area contributed by atoms with Crippen LogP contribution in [0.4, 0.5) is 5.69 Å². The Labute approximate surface area is 154 Å². The highest BCUT2D eigenvalue weighted by Gasteiger charge is 2.16. The summed E-state index contributed by atoms with van der Waals surface area (Å²) in [6.45, 7) is 3.14. The average molecular weight is 365 g/mol. The van der Waals surface area contributed by atoms with Gasteiger partial charge in [0.1, 0.15) is 19.1 Å². The van der Waals surface area contributed by atoms with Crippen molar-refractivity contribution >= 4 is 23.1 Å². The maximum absolute atomic E-state index is 12.8. The van der Waals surface area contributed by atoms with Crippen molar-refractivity contribution < 1.29 is 5.11 Å². The van der Waals surface area contributed by atoms with Crippen LogP contribution >= 0.6 is 11.3 Å². The zero-order chi connectivity index (χ0) is 18.1. The van der Waals surface area contributed by atoms with Gasteiger partial charge in [0.15, 0.2) is 4.80 Å². The summed E-state index contributed by atoms with van der Waals surface area (Å²) in [7, 11) is 0. The molecule has 5 nitrogen and oxygen atoms in total. The Morgan fingerprint density at radius 2 is 1.96 bits per heavy atom. The number of benzene rings is 2. The van der Waals surface area contributed by atoms with Crippen LogP contribution in [0.15, 0.2) is 58.3 Å². The number of aromatic nitrogens is 1. The van der Waals surface area contributed by atoms with Crippen molar-refractivity contribution in [3.63, 3.8) is 0 Å². The molecule has 1 aliphatic rings. The van der Waals surface area contributed by atoms with Crippen LogP contribution in [-0.4, -0.2) is 16.3 Å². The second kappa shape index (κ2) is 6.80. The highest BCUT2D eigenvalue weighted by molar-refractivity contribution is 7.07. The van der Waals surface area contributed by atoms with Crippen LogP contribution in [0.5, 0.6) is 5.75 Å². The van der Waals surface area contributed by atoms with E-state index in [-0.39, 0.29) is 11.3 Å². The number of anilines is 1. The molecular weight excluding hydrogens is 346 g/mol. The van der Waals surface area contributed by atoms with Crippen molar-refractivity contribution in [2.45, 2.75) is 20.0 Å². The van der Waals surface area contributed by atoms with Crippen molar-refractivity contribution in [2.75, 3.05) is 11.6 Å². The molecule has 0 amide bonds. The molecule has 2 aromatic carbocycles. The third-order valence-electron chi connectivity index (χ3n) is 4.51. The smallest absolute Gasteiger partial charge is 0.271 e. The molecule has 1 N–H and O–H groups in total. The van der Waals surface area contributed by atoms with Crippen molar-refractivity contribution in [3.8, 4) is 5.75 Å². The third kappa shape index (κ3) is 3.04. The lowest BCUT2D eigenvalue weighted by atomic mass is 10.1. The number of thiazole rings is 1. The number of hydrogen-bond donors (Lipinski definition) is 1. The fraction of sp³-hybridized carbons (Fsp3) is 0.200. The van der Waals surface area contributed by atoms with Gasteiger partial charge in [-0.3, -0.25) is 9.36 Å². The van der Waals surface area contributed by atoms with Crippen LogP contribution in [0, 0.1) is 0 Å². The minimum atomic E-state index is -0.0770. The van der Waals surface area contributed by atoms with E-state index in [1.165, 1.54) is 16.9 Å². The maximum atomic E-state index is 12.8. The molecule has 0 atom stereocenters. The lowest BCUT2D eigenvalue weighted by molar-refractivity contribution is 0.474. The number of aromatic hydroxyl groups is 1. The molecule has 1 aliphatic heterocycles. The summed E-state index contributed by atoms with van der Waals surface area (Å²) in [4.78, 5) is 20.1. The summed E-state index contributed by atoms with van der Waals surface area (Å²) in [5, 5.41) is 9.93. The Kier molecular flexibility index (Phi) is 4.34. The molecule has 26 heavy (non-hydrogen) atoms. The molecule has 0 radical (unpaired) electrons. The highest BCUT2D eigenvalue weighted by Crippen LogP contribution is 2.18. The fourth-order valence-corrected chi connectivity index (χ4v) is 3.92. The van der Waals surface area contributed by atoms with Gasteiger partial charge in [-0.05, 0) is 36.3 Å². The molecule has 4 rings (SSSR count). The first-order valence-electron chi connectivity index (χ1n) is 8.53. The Hall–Kier alpha value is -2.86. The lowest BCUT2D eigenvalue weighted by Crippen LogP contribution is -2.42. The molecule has 0 spiro atoms. The van der Waals surface area contributed by atoms with Gasteiger partial charge in [-0.2, -0.15) is 0 Å². The molecule has 6 heteroatoms. The second-order valence-electron chi connectivity index (χ2n) is 6.19. The first-order chi connectivity index (χ1) is 12.7. The molecule has 2 heterocycles. The normalized spacial score (nSPS) is 14.2. The molecule has 3 aromatic rings. The van der Waals surface area contributed by atoms with Crippen LogP contribution in [-0.2, 0) is 13.1 Å². The highest BCUT2D eigenvalue weighted by atomic mass is 32.1. The van der Waals surface area contributed by atoms with Gasteiger partial charge in [0, 0.05) is 11.3 Å². The predicted octanol–water partition coefficient (Wildman–Crippen LogP) is 2.06. The number of fused-ring (bicyclic) bond motifs is 1.